The van der Waals surface area contributed by atoms with E-state index in [4.69, 9.17) is 4.74 Å². The smallest absolute Gasteiger partial charge is 0.0585 e. The highest BCUT2D eigenvalue weighted by Gasteiger charge is 2.13. The molecule has 0 aromatic rings. The molecule has 2 heteroatoms. The average Bonchev–Trinajstić information content (AvgIpc) is 2.14. The van der Waals surface area contributed by atoms with Crippen LogP contribution in [-0.4, -0.2) is 24.2 Å². The highest BCUT2D eigenvalue weighted by molar-refractivity contribution is 7.99. The summed E-state index contributed by atoms with van der Waals surface area (Å²) in [7, 11) is 0. The number of thioether (sulfide) groups is 1. The van der Waals surface area contributed by atoms with Crippen LogP contribution in [0.4, 0.5) is 0 Å². The van der Waals surface area contributed by atoms with Gasteiger partial charge in [-0.25, -0.2) is 0 Å². The first-order valence-corrected chi connectivity index (χ1v) is 5.97. The van der Waals surface area contributed by atoms with Gasteiger partial charge in [-0.2, -0.15) is 11.8 Å². The van der Waals surface area contributed by atoms with E-state index >= 15 is 0 Å². The zero-order chi connectivity index (χ0) is 8.65. The molecule has 1 atom stereocenters. The second kappa shape index (κ2) is 6.79. The van der Waals surface area contributed by atoms with E-state index in [-0.39, 0.29) is 0 Å². The van der Waals surface area contributed by atoms with Crippen LogP contribution in [0.25, 0.3) is 0 Å². The molecule has 0 amide bonds. The predicted molar refractivity (Wildman–Crippen MR) is 55.5 cm³/mol. The molecule has 1 aliphatic rings. The second-order valence-electron chi connectivity index (χ2n) is 3.27. The third kappa shape index (κ3) is 4.36. The van der Waals surface area contributed by atoms with Gasteiger partial charge >= 0.3 is 0 Å². The Morgan fingerprint density at radius 2 is 2.33 bits per heavy atom. The summed E-state index contributed by atoms with van der Waals surface area (Å²) in [5.74, 6) is 1.30. The van der Waals surface area contributed by atoms with E-state index in [1.807, 2.05) is 0 Å². The molecule has 1 radical (unpaired) electrons. The molecule has 0 aliphatic carbocycles. The van der Waals surface area contributed by atoms with E-state index in [9.17, 15) is 0 Å². The molecule has 0 aromatic carbocycles. The van der Waals surface area contributed by atoms with E-state index in [0.717, 1.165) is 24.9 Å². The fourth-order valence-electron chi connectivity index (χ4n) is 1.37. The largest absolute Gasteiger partial charge is 0.380 e. The lowest BCUT2D eigenvalue weighted by Crippen LogP contribution is -2.19. The van der Waals surface area contributed by atoms with Crippen LogP contribution in [0, 0.1) is 6.92 Å². The van der Waals surface area contributed by atoms with Crippen LogP contribution in [0.3, 0.4) is 0 Å². The van der Waals surface area contributed by atoms with Gasteiger partial charge in [-0.05, 0) is 25.0 Å². The van der Waals surface area contributed by atoms with Gasteiger partial charge in [0, 0.05) is 11.9 Å². The van der Waals surface area contributed by atoms with Crippen molar-refractivity contribution in [3.05, 3.63) is 6.92 Å². The van der Waals surface area contributed by atoms with Crippen LogP contribution in [0.15, 0.2) is 0 Å². The summed E-state index contributed by atoms with van der Waals surface area (Å²) in [6.07, 6.45) is 6.30. The minimum atomic E-state index is 0.781. The lowest BCUT2D eigenvalue weighted by atomic mass is 10.2. The van der Waals surface area contributed by atoms with Gasteiger partial charge in [0.25, 0.3) is 0 Å². The summed E-state index contributed by atoms with van der Waals surface area (Å²) in [4.78, 5) is 0. The molecule has 71 valence electrons. The third-order valence-corrected chi connectivity index (χ3v) is 3.48. The fraction of sp³-hybridized carbons (Fsp3) is 0.900. The van der Waals surface area contributed by atoms with Crippen molar-refractivity contribution in [3.63, 3.8) is 0 Å². The molecular formula is C10H19OS. The molecule has 0 saturated carbocycles. The minimum absolute atomic E-state index is 0.781. The lowest BCUT2D eigenvalue weighted by Gasteiger charge is -2.21. The van der Waals surface area contributed by atoms with Crippen LogP contribution in [-0.2, 0) is 4.74 Å². The maximum Gasteiger partial charge on any atom is 0.0585 e. The Morgan fingerprint density at radius 1 is 1.42 bits per heavy atom. The highest BCUT2D eigenvalue weighted by Crippen LogP contribution is 2.21. The van der Waals surface area contributed by atoms with E-state index in [1.165, 1.54) is 31.4 Å². The van der Waals surface area contributed by atoms with Crippen LogP contribution in [0.1, 0.15) is 32.1 Å². The summed E-state index contributed by atoms with van der Waals surface area (Å²) >= 11 is 2.08. The topological polar surface area (TPSA) is 9.23 Å². The Bertz CT molecular complexity index is 100. The van der Waals surface area contributed by atoms with Gasteiger partial charge in [-0.1, -0.05) is 19.8 Å². The average molecular weight is 187 g/mol. The molecule has 0 aromatic heterocycles. The Morgan fingerprint density at radius 3 is 3.00 bits per heavy atom. The quantitative estimate of drug-likeness (QED) is 0.612. The maximum absolute atomic E-state index is 5.41. The van der Waals surface area contributed by atoms with Gasteiger partial charge in [0.1, 0.15) is 0 Å². The Labute approximate surface area is 80.3 Å². The monoisotopic (exact) mass is 187 g/mol. The number of hydrogen-bond acceptors (Lipinski definition) is 2. The van der Waals surface area contributed by atoms with Gasteiger partial charge in [0.15, 0.2) is 0 Å². The molecule has 1 aliphatic heterocycles. The number of hydrogen-bond donors (Lipinski definition) is 0. The molecular weight excluding hydrogens is 168 g/mol. The van der Waals surface area contributed by atoms with Crippen LogP contribution in [0.2, 0.25) is 0 Å². The summed E-state index contributed by atoms with van der Waals surface area (Å²) < 4.78 is 5.41. The van der Waals surface area contributed by atoms with Crippen molar-refractivity contribution >= 4 is 11.8 Å². The van der Waals surface area contributed by atoms with E-state index < -0.39 is 0 Å². The zero-order valence-corrected chi connectivity index (χ0v) is 8.57. The lowest BCUT2D eigenvalue weighted by molar-refractivity contribution is 0.101. The molecule has 1 fully saturated rings. The Kier molecular flexibility index (Phi) is 5.88. The molecule has 0 spiro atoms. The first-order chi connectivity index (χ1) is 5.93. The maximum atomic E-state index is 5.41. The van der Waals surface area contributed by atoms with Crippen molar-refractivity contribution in [2.45, 2.75) is 37.4 Å². The highest BCUT2D eigenvalue weighted by atomic mass is 32.2. The van der Waals surface area contributed by atoms with Crippen molar-refractivity contribution in [3.8, 4) is 0 Å². The zero-order valence-electron chi connectivity index (χ0n) is 7.76. The third-order valence-electron chi connectivity index (χ3n) is 2.12. The van der Waals surface area contributed by atoms with Gasteiger partial charge < -0.3 is 4.74 Å². The summed E-state index contributed by atoms with van der Waals surface area (Å²) in [6.45, 7) is 5.80. The number of rotatable bonds is 5. The van der Waals surface area contributed by atoms with Crippen LogP contribution >= 0.6 is 11.8 Å². The SMILES string of the molecule is [CH2]CCCCSC1CCCOC1. The van der Waals surface area contributed by atoms with Gasteiger partial charge in [0.05, 0.1) is 6.61 Å². The normalized spacial score (nSPS) is 24.2. The first kappa shape index (κ1) is 10.4. The number of unbranched alkanes of at least 4 members (excludes halogenated alkanes) is 2. The summed E-state index contributed by atoms with van der Waals surface area (Å²) in [6, 6.07) is 0. The van der Waals surface area contributed by atoms with Crippen molar-refractivity contribution in [1.29, 1.82) is 0 Å². The first-order valence-electron chi connectivity index (χ1n) is 4.92. The van der Waals surface area contributed by atoms with Crippen molar-refractivity contribution in [1.82, 2.24) is 0 Å². The second-order valence-corrected chi connectivity index (χ2v) is 4.68. The molecule has 0 bridgehead atoms. The molecule has 1 rings (SSSR count). The van der Waals surface area contributed by atoms with Crippen molar-refractivity contribution < 1.29 is 4.74 Å². The van der Waals surface area contributed by atoms with Crippen molar-refractivity contribution in [2.24, 2.45) is 0 Å². The van der Waals surface area contributed by atoms with Gasteiger partial charge in [-0.3, -0.25) is 0 Å². The molecule has 12 heavy (non-hydrogen) atoms. The standard InChI is InChI=1S/C10H19OS/c1-2-3-4-8-12-10-6-5-7-11-9-10/h10H,1-9H2. The molecule has 0 N–H and O–H groups in total. The van der Waals surface area contributed by atoms with Gasteiger partial charge in [-0.15, -0.1) is 0 Å². The molecule has 1 unspecified atom stereocenters. The Hall–Kier alpha value is 0.310. The fourth-order valence-corrected chi connectivity index (χ4v) is 2.60. The van der Waals surface area contributed by atoms with E-state index in [1.54, 1.807) is 0 Å². The van der Waals surface area contributed by atoms with E-state index in [0.29, 0.717) is 0 Å². The van der Waals surface area contributed by atoms with Gasteiger partial charge in [0.2, 0.25) is 0 Å². The molecule has 1 saturated heterocycles. The summed E-state index contributed by atoms with van der Waals surface area (Å²) in [5, 5.41) is 0.781. The Balaban J connectivity index is 1.91. The minimum Gasteiger partial charge on any atom is -0.380 e. The molecule has 1 heterocycles. The van der Waals surface area contributed by atoms with E-state index in [2.05, 4.69) is 18.7 Å². The summed E-state index contributed by atoms with van der Waals surface area (Å²) in [5.41, 5.74) is 0. The van der Waals surface area contributed by atoms with Crippen LogP contribution < -0.4 is 0 Å². The predicted octanol–water partition coefficient (Wildman–Crippen LogP) is 2.90. The molecule has 1 nitrogen and oxygen atoms in total. The van der Waals surface area contributed by atoms with Crippen molar-refractivity contribution in [2.75, 3.05) is 19.0 Å². The van der Waals surface area contributed by atoms with Crippen LogP contribution in [0.5, 0.6) is 0 Å². The number of ether oxygens (including phenoxy) is 1.